The van der Waals surface area contributed by atoms with Gasteiger partial charge in [-0.25, -0.2) is 0 Å². The molecule has 1 aliphatic heterocycles. The van der Waals surface area contributed by atoms with Crippen molar-refractivity contribution in [3.63, 3.8) is 0 Å². The summed E-state index contributed by atoms with van der Waals surface area (Å²) in [6.45, 7) is 2.86. The van der Waals surface area contributed by atoms with E-state index >= 15 is 0 Å². The molecule has 5 nitrogen and oxygen atoms in total. The highest BCUT2D eigenvalue weighted by Crippen LogP contribution is 2.10. The number of Topliss-reactive ketones (excluding diaryl/α,β-unsaturated/α-hetero) is 2. The summed E-state index contributed by atoms with van der Waals surface area (Å²) in [5.74, 6) is 0.106. The lowest BCUT2D eigenvalue weighted by atomic mass is 10.1. The van der Waals surface area contributed by atoms with Gasteiger partial charge in [-0.3, -0.25) is 9.59 Å². The van der Waals surface area contributed by atoms with E-state index in [9.17, 15) is 9.59 Å². The van der Waals surface area contributed by atoms with Crippen LogP contribution in [0.4, 0.5) is 0 Å². The van der Waals surface area contributed by atoms with Gasteiger partial charge in [0, 0.05) is 30.4 Å². The maximum absolute atomic E-state index is 12.3. The molecule has 0 bridgehead atoms. The van der Waals surface area contributed by atoms with Crippen LogP contribution >= 0.6 is 0 Å². The zero-order valence-electron chi connectivity index (χ0n) is 16.4. The van der Waals surface area contributed by atoms with Crippen LogP contribution in [0.25, 0.3) is 0 Å². The Bertz CT molecular complexity index is 860. The predicted octanol–water partition coefficient (Wildman–Crippen LogP) is 3.00. The Morgan fingerprint density at radius 1 is 0.966 bits per heavy atom. The molecule has 0 saturated heterocycles. The first-order valence-electron chi connectivity index (χ1n) is 9.78. The van der Waals surface area contributed by atoms with Crippen molar-refractivity contribution in [1.82, 2.24) is 10.2 Å². The Morgan fingerprint density at radius 3 is 2.38 bits per heavy atom. The number of nitrogens with zero attached hydrogens (tertiary/aromatic N) is 1. The average molecular weight is 390 g/mol. The molecule has 2 aromatic carbocycles. The average Bonchev–Trinajstić information content (AvgIpc) is 2.78. The molecule has 1 aliphatic rings. The lowest BCUT2D eigenvalue weighted by Crippen LogP contribution is -2.30. The van der Waals surface area contributed by atoms with E-state index in [0.717, 1.165) is 5.56 Å². The van der Waals surface area contributed by atoms with Gasteiger partial charge in [0.05, 0.1) is 26.3 Å². The standard InChI is InChI=1S/C24H26N2O3/c27-23(17-25-13-16-29-19-20-7-3-1-4-8-20)22-11-14-26(15-12-22)18-24(28)21-9-5-2-6-10-21/h1-12,14,25H,13,15-19H2. The lowest BCUT2D eigenvalue weighted by Gasteiger charge is -2.21. The fraction of sp³-hybridized carbons (Fsp3) is 0.250. The Balaban J connectivity index is 1.31. The van der Waals surface area contributed by atoms with Crippen LogP contribution in [0.15, 0.2) is 84.6 Å². The molecule has 2 aromatic rings. The molecule has 29 heavy (non-hydrogen) atoms. The first kappa shape index (κ1) is 20.7. The number of carbonyl (C=O) groups is 2. The van der Waals surface area contributed by atoms with E-state index < -0.39 is 0 Å². The summed E-state index contributed by atoms with van der Waals surface area (Å²) in [5.41, 5.74) is 2.51. The molecule has 0 fully saturated rings. The largest absolute Gasteiger partial charge is 0.375 e. The number of carbonyl (C=O) groups excluding carboxylic acids is 2. The van der Waals surface area contributed by atoms with Crippen LogP contribution in [0, 0.1) is 0 Å². The van der Waals surface area contributed by atoms with Gasteiger partial charge in [-0.15, -0.1) is 0 Å². The van der Waals surface area contributed by atoms with Crippen LogP contribution in [-0.4, -0.2) is 49.3 Å². The van der Waals surface area contributed by atoms with Crippen LogP contribution in [0.3, 0.4) is 0 Å². The molecule has 0 spiro atoms. The molecule has 3 rings (SSSR count). The van der Waals surface area contributed by atoms with Gasteiger partial charge < -0.3 is 15.0 Å². The van der Waals surface area contributed by atoms with Crippen LogP contribution in [0.2, 0.25) is 0 Å². The molecule has 0 saturated carbocycles. The Hall–Kier alpha value is -3.02. The topological polar surface area (TPSA) is 58.6 Å². The number of allylic oxidation sites excluding steroid dienone is 1. The molecule has 1 heterocycles. The molecule has 150 valence electrons. The zero-order valence-corrected chi connectivity index (χ0v) is 16.4. The third kappa shape index (κ3) is 6.82. The minimum atomic E-state index is 0.0401. The van der Waals surface area contributed by atoms with E-state index in [1.165, 1.54) is 0 Å². The molecular weight excluding hydrogens is 364 g/mol. The summed E-state index contributed by atoms with van der Waals surface area (Å²) >= 11 is 0. The van der Waals surface area contributed by atoms with Crippen molar-refractivity contribution in [2.75, 3.05) is 32.8 Å². The normalized spacial score (nSPS) is 13.2. The Morgan fingerprint density at radius 2 is 1.69 bits per heavy atom. The molecular formula is C24H26N2O3. The monoisotopic (exact) mass is 390 g/mol. The van der Waals surface area contributed by atoms with Crippen LogP contribution in [0.5, 0.6) is 0 Å². The highest BCUT2D eigenvalue weighted by atomic mass is 16.5. The minimum Gasteiger partial charge on any atom is -0.375 e. The van der Waals surface area contributed by atoms with E-state index in [-0.39, 0.29) is 18.1 Å². The van der Waals surface area contributed by atoms with Crippen molar-refractivity contribution in [3.8, 4) is 0 Å². The molecule has 0 atom stereocenters. The van der Waals surface area contributed by atoms with Gasteiger partial charge in [-0.1, -0.05) is 66.7 Å². The number of ketones is 2. The zero-order chi connectivity index (χ0) is 20.3. The van der Waals surface area contributed by atoms with Crippen LogP contribution in [0.1, 0.15) is 15.9 Å². The summed E-state index contributed by atoms with van der Waals surface area (Å²) < 4.78 is 5.59. The van der Waals surface area contributed by atoms with Gasteiger partial charge in [-0.2, -0.15) is 0 Å². The molecule has 5 heteroatoms. The first-order chi connectivity index (χ1) is 14.2. The van der Waals surface area contributed by atoms with Crippen LogP contribution < -0.4 is 5.32 Å². The maximum Gasteiger partial charge on any atom is 0.182 e. The summed E-state index contributed by atoms with van der Waals surface area (Å²) in [7, 11) is 0. The third-order valence-electron chi connectivity index (χ3n) is 4.60. The van der Waals surface area contributed by atoms with Crippen molar-refractivity contribution in [2.45, 2.75) is 6.61 Å². The van der Waals surface area contributed by atoms with Gasteiger partial charge in [-0.05, 0) is 11.6 Å². The van der Waals surface area contributed by atoms with E-state index in [4.69, 9.17) is 4.74 Å². The molecule has 0 unspecified atom stereocenters. The molecule has 0 aliphatic carbocycles. The predicted molar refractivity (Wildman–Crippen MR) is 114 cm³/mol. The quantitative estimate of drug-likeness (QED) is 0.472. The third-order valence-corrected chi connectivity index (χ3v) is 4.60. The highest BCUT2D eigenvalue weighted by molar-refractivity contribution is 6.00. The van der Waals surface area contributed by atoms with Crippen molar-refractivity contribution >= 4 is 11.6 Å². The Kier molecular flexibility index (Phi) is 7.92. The molecule has 1 N–H and O–H groups in total. The van der Waals surface area contributed by atoms with E-state index in [0.29, 0.717) is 44.0 Å². The van der Waals surface area contributed by atoms with Crippen molar-refractivity contribution in [2.24, 2.45) is 0 Å². The van der Waals surface area contributed by atoms with Gasteiger partial charge in [0.2, 0.25) is 0 Å². The summed E-state index contributed by atoms with van der Waals surface area (Å²) in [6.07, 6.45) is 5.46. The number of ether oxygens (including phenoxy) is 1. The number of rotatable bonds is 11. The summed E-state index contributed by atoms with van der Waals surface area (Å²) in [6, 6.07) is 19.2. The van der Waals surface area contributed by atoms with Gasteiger partial charge in [0.1, 0.15) is 0 Å². The molecule has 0 aromatic heterocycles. The van der Waals surface area contributed by atoms with Crippen LogP contribution in [-0.2, 0) is 16.1 Å². The fourth-order valence-electron chi connectivity index (χ4n) is 2.97. The second-order valence-electron chi connectivity index (χ2n) is 6.83. The Labute approximate surface area is 171 Å². The summed E-state index contributed by atoms with van der Waals surface area (Å²) in [5, 5.41) is 3.12. The number of benzene rings is 2. The molecule has 0 amide bonds. The van der Waals surface area contributed by atoms with Crippen molar-refractivity contribution in [1.29, 1.82) is 0 Å². The van der Waals surface area contributed by atoms with Crippen molar-refractivity contribution in [3.05, 3.63) is 95.7 Å². The number of nitrogens with one attached hydrogen (secondary N) is 1. The minimum absolute atomic E-state index is 0.0401. The molecule has 0 radical (unpaired) electrons. The van der Waals surface area contributed by atoms with E-state index in [2.05, 4.69) is 5.32 Å². The van der Waals surface area contributed by atoms with Gasteiger partial charge >= 0.3 is 0 Å². The second-order valence-corrected chi connectivity index (χ2v) is 6.83. The highest BCUT2D eigenvalue weighted by Gasteiger charge is 2.14. The SMILES string of the molecule is O=C(CNCCOCc1ccccc1)C1=CCN(CC(=O)c2ccccc2)C=C1. The maximum atomic E-state index is 12.3. The second kappa shape index (κ2) is 11.1. The lowest BCUT2D eigenvalue weighted by molar-refractivity contribution is -0.114. The fourth-order valence-corrected chi connectivity index (χ4v) is 2.97. The van der Waals surface area contributed by atoms with Crippen molar-refractivity contribution < 1.29 is 14.3 Å². The smallest absolute Gasteiger partial charge is 0.182 e. The number of hydrogen-bond donors (Lipinski definition) is 1. The van der Waals surface area contributed by atoms with Gasteiger partial charge in [0.25, 0.3) is 0 Å². The van der Waals surface area contributed by atoms with E-state index in [1.807, 2.05) is 77.8 Å². The number of hydrogen-bond acceptors (Lipinski definition) is 5. The first-order valence-corrected chi connectivity index (χ1v) is 9.78. The van der Waals surface area contributed by atoms with E-state index in [1.54, 1.807) is 6.08 Å². The summed E-state index contributed by atoms with van der Waals surface area (Å²) in [4.78, 5) is 26.5. The van der Waals surface area contributed by atoms with Gasteiger partial charge in [0.15, 0.2) is 11.6 Å².